The fraction of sp³-hybridized carbons (Fsp3) is 0.632. The van der Waals surface area contributed by atoms with Crippen molar-refractivity contribution >= 4 is 0 Å². The molecule has 0 aliphatic carbocycles. The SMILES string of the molecule is CC(C)CCn1cccc1CN[C@@H]1CCO[C@@H](c2cncn2C)C1. The van der Waals surface area contributed by atoms with Crippen molar-refractivity contribution in [1.29, 1.82) is 0 Å². The van der Waals surface area contributed by atoms with Gasteiger partial charge < -0.3 is 19.2 Å². The molecule has 2 aromatic heterocycles. The van der Waals surface area contributed by atoms with Gasteiger partial charge in [0.2, 0.25) is 0 Å². The quantitative estimate of drug-likeness (QED) is 0.847. The first-order chi connectivity index (χ1) is 11.6. The number of aryl methyl sites for hydroxylation is 2. The number of aromatic nitrogens is 3. The highest BCUT2D eigenvalue weighted by molar-refractivity contribution is 5.08. The molecular weight excluding hydrogens is 300 g/mol. The maximum Gasteiger partial charge on any atom is 0.100 e. The second-order valence-electron chi connectivity index (χ2n) is 7.27. The molecule has 2 aromatic rings. The van der Waals surface area contributed by atoms with E-state index in [1.165, 1.54) is 17.8 Å². The van der Waals surface area contributed by atoms with Crippen molar-refractivity contribution < 1.29 is 4.74 Å². The van der Waals surface area contributed by atoms with E-state index >= 15 is 0 Å². The summed E-state index contributed by atoms with van der Waals surface area (Å²) in [5.74, 6) is 0.739. The number of nitrogens with zero attached hydrogens (tertiary/aromatic N) is 3. The van der Waals surface area contributed by atoms with E-state index in [-0.39, 0.29) is 6.10 Å². The molecule has 0 radical (unpaired) electrons. The van der Waals surface area contributed by atoms with Crippen molar-refractivity contribution in [2.45, 2.75) is 58.3 Å². The normalized spacial score (nSPS) is 21.5. The Morgan fingerprint density at radius 2 is 2.29 bits per heavy atom. The molecule has 3 heterocycles. The third-order valence-electron chi connectivity index (χ3n) is 4.91. The molecule has 5 heteroatoms. The van der Waals surface area contributed by atoms with E-state index < -0.39 is 0 Å². The van der Waals surface area contributed by atoms with Crippen molar-refractivity contribution in [3.05, 3.63) is 42.2 Å². The Balaban J connectivity index is 1.53. The van der Waals surface area contributed by atoms with Crippen LogP contribution in [0.1, 0.15) is 50.6 Å². The maximum atomic E-state index is 5.95. The molecule has 0 saturated carbocycles. The van der Waals surface area contributed by atoms with Gasteiger partial charge in [0.1, 0.15) is 6.10 Å². The number of rotatable bonds is 7. The zero-order chi connectivity index (χ0) is 16.9. The van der Waals surface area contributed by atoms with E-state index in [4.69, 9.17) is 4.74 Å². The van der Waals surface area contributed by atoms with Crippen LogP contribution in [0.4, 0.5) is 0 Å². The van der Waals surface area contributed by atoms with Crippen LogP contribution < -0.4 is 5.32 Å². The van der Waals surface area contributed by atoms with Crippen molar-refractivity contribution in [2.75, 3.05) is 6.61 Å². The standard InChI is InChI=1S/C19H30N4O/c1-15(2)6-9-23-8-4-5-17(23)12-21-16-7-10-24-19(11-16)18-13-20-14-22(18)3/h4-5,8,13-16,19,21H,6-7,9-12H2,1-3H3/t16-,19-/m1/s1. The lowest BCUT2D eigenvalue weighted by Crippen LogP contribution is -2.36. The summed E-state index contributed by atoms with van der Waals surface area (Å²) < 4.78 is 10.4. The van der Waals surface area contributed by atoms with Crippen LogP contribution in [0.25, 0.3) is 0 Å². The van der Waals surface area contributed by atoms with Crippen LogP contribution in [0.3, 0.4) is 0 Å². The molecule has 0 spiro atoms. The number of hydrogen-bond acceptors (Lipinski definition) is 3. The van der Waals surface area contributed by atoms with Crippen molar-refractivity contribution in [2.24, 2.45) is 13.0 Å². The lowest BCUT2D eigenvalue weighted by molar-refractivity contribution is -0.00413. The van der Waals surface area contributed by atoms with Crippen LogP contribution in [0.15, 0.2) is 30.9 Å². The Kier molecular flexibility index (Phi) is 5.74. The van der Waals surface area contributed by atoms with Gasteiger partial charge in [-0.15, -0.1) is 0 Å². The van der Waals surface area contributed by atoms with Gasteiger partial charge in [-0.1, -0.05) is 13.8 Å². The van der Waals surface area contributed by atoms with Crippen LogP contribution >= 0.6 is 0 Å². The molecule has 2 atom stereocenters. The van der Waals surface area contributed by atoms with Gasteiger partial charge >= 0.3 is 0 Å². The lowest BCUT2D eigenvalue weighted by Gasteiger charge is -2.30. The molecular formula is C19H30N4O. The molecule has 0 bridgehead atoms. The number of nitrogens with one attached hydrogen (secondary N) is 1. The molecule has 1 saturated heterocycles. The van der Waals surface area contributed by atoms with Gasteiger partial charge in [-0.2, -0.15) is 0 Å². The molecule has 1 fully saturated rings. The summed E-state index contributed by atoms with van der Waals surface area (Å²) in [7, 11) is 2.03. The molecule has 0 aromatic carbocycles. The smallest absolute Gasteiger partial charge is 0.100 e. The second kappa shape index (κ2) is 7.99. The first kappa shape index (κ1) is 17.2. The molecule has 1 aliphatic rings. The Morgan fingerprint density at radius 1 is 1.42 bits per heavy atom. The van der Waals surface area contributed by atoms with Crippen LogP contribution in [-0.2, 0) is 24.9 Å². The highest BCUT2D eigenvalue weighted by Gasteiger charge is 2.25. The number of ether oxygens (including phenoxy) is 1. The maximum absolute atomic E-state index is 5.95. The molecule has 0 unspecified atom stereocenters. The van der Waals surface area contributed by atoms with E-state index in [0.29, 0.717) is 6.04 Å². The molecule has 24 heavy (non-hydrogen) atoms. The minimum Gasteiger partial charge on any atom is -0.372 e. The topological polar surface area (TPSA) is 44.0 Å². The summed E-state index contributed by atoms with van der Waals surface area (Å²) >= 11 is 0. The van der Waals surface area contributed by atoms with Gasteiger partial charge in [0.15, 0.2) is 0 Å². The fourth-order valence-corrected chi connectivity index (χ4v) is 3.34. The van der Waals surface area contributed by atoms with Crippen molar-refractivity contribution in [3.63, 3.8) is 0 Å². The highest BCUT2D eigenvalue weighted by atomic mass is 16.5. The molecule has 132 valence electrons. The minimum absolute atomic E-state index is 0.150. The Morgan fingerprint density at radius 3 is 3.04 bits per heavy atom. The molecule has 1 aliphatic heterocycles. The second-order valence-corrected chi connectivity index (χ2v) is 7.27. The molecule has 0 amide bonds. The number of imidazole rings is 1. The monoisotopic (exact) mass is 330 g/mol. The fourth-order valence-electron chi connectivity index (χ4n) is 3.34. The lowest BCUT2D eigenvalue weighted by atomic mass is 10.0. The van der Waals surface area contributed by atoms with Gasteiger partial charge in [0, 0.05) is 44.7 Å². The third kappa shape index (κ3) is 4.28. The summed E-state index contributed by atoms with van der Waals surface area (Å²) in [5.41, 5.74) is 2.54. The van der Waals surface area contributed by atoms with Crippen LogP contribution in [0.2, 0.25) is 0 Å². The van der Waals surface area contributed by atoms with Gasteiger partial charge in [0.25, 0.3) is 0 Å². The van der Waals surface area contributed by atoms with E-state index in [2.05, 4.69) is 51.6 Å². The summed E-state index contributed by atoms with van der Waals surface area (Å²) in [6.07, 6.45) is 9.41. The predicted molar refractivity (Wildman–Crippen MR) is 95.6 cm³/mol. The van der Waals surface area contributed by atoms with E-state index in [0.717, 1.165) is 38.5 Å². The average molecular weight is 330 g/mol. The van der Waals surface area contributed by atoms with Gasteiger partial charge in [-0.25, -0.2) is 4.98 Å². The minimum atomic E-state index is 0.150. The van der Waals surface area contributed by atoms with E-state index in [9.17, 15) is 0 Å². The van der Waals surface area contributed by atoms with Crippen molar-refractivity contribution in [3.8, 4) is 0 Å². The Hall–Kier alpha value is -1.59. The number of hydrogen-bond donors (Lipinski definition) is 1. The first-order valence-corrected chi connectivity index (χ1v) is 9.08. The van der Waals surface area contributed by atoms with Crippen LogP contribution in [0.5, 0.6) is 0 Å². The summed E-state index contributed by atoms with van der Waals surface area (Å²) in [6, 6.07) is 4.87. The Bertz CT molecular complexity index is 631. The van der Waals surface area contributed by atoms with E-state index in [1.807, 2.05) is 19.6 Å². The highest BCUT2D eigenvalue weighted by Crippen LogP contribution is 2.27. The molecule has 3 rings (SSSR count). The third-order valence-corrected chi connectivity index (χ3v) is 4.91. The average Bonchev–Trinajstić information content (AvgIpc) is 3.19. The molecule has 1 N–H and O–H groups in total. The zero-order valence-corrected chi connectivity index (χ0v) is 15.1. The van der Waals surface area contributed by atoms with Crippen LogP contribution in [-0.4, -0.2) is 26.8 Å². The van der Waals surface area contributed by atoms with Gasteiger partial charge in [0.05, 0.1) is 18.2 Å². The summed E-state index contributed by atoms with van der Waals surface area (Å²) in [6.45, 7) is 7.40. The largest absolute Gasteiger partial charge is 0.372 e. The van der Waals surface area contributed by atoms with Crippen LogP contribution in [0, 0.1) is 5.92 Å². The van der Waals surface area contributed by atoms with Crippen molar-refractivity contribution in [1.82, 2.24) is 19.4 Å². The van der Waals surface area contributed by atoms with E-state index in [1.54, 1.807) is 0 Å². The predicted octanol–water partition coefficient (Wildman–Crippen LogP) is 3.28. The zero-order valence-electron chi connectivity index (χ0n) is 15.1. The first-order valence-electron chi connectivity index (χ1n) is 9.08. The summed E-state index contributed by atoms with van der Waals surface area (Å²) in [4.78, 5) is 4.21. The summed E-state index contributed by atoms with van der Waals surface area (Å²) in [5, 5.41) is 3.73. The Labute approximate surface area is 145 Å². The van der Waals surface area contributed by atoms with Gasteiger partial charge in [-0.3, -0.25) is 0 Å². The van der Waals surface area contributed by atoms with Gasteiger partial charge in [-0.05, 0) is 37.3 Å². The molecule has 5 nitrogen and oxygen atoms in total.